The minimum Gasteiger partial charge on any atom is -0.377 e. The molecule has 1 N–H and O–H groups in total. The Labute approximate surface area is 122 Å². The van der Waals surface area contributed by atoms with Crippen LogP contribution >= 0.6 is 0 Å². The molecule has 0 heterocycles. The first-order valence-electron chi connectivity index (χ1n) is 7.25. The van der Waals surface area contributed by atoms with Crippen molar-refractivity contribution in [1.82, 2.24) is 5.32 Å². The number of para-hydroxylation sites is 1. The fourth-order valence-electron chi connectivity index (χ4n) is 1.98. The molecule has 0 saturated heterocycles. The summed E-state index contributed by atoms with van der Waals surface area (Å²) in [7, 11) is 1.90. The summed E-state index contributed by atoms with van der Waals surface area (Å²) in [6, 6.07) is 5.61. The number of benzene rings is 1. The molecule has 3 nitrogen and oxygen atoms in total. The Morgan fingerprint density at radius 2 is 1.95 bits per heavy atom. The zero-order valence-corrected chi connectivity index (χ0v) is 13.2. The van der Waals surface area contributed by atoms with E-state index in [-0.39, 0.29) is 11.9 Å². The third kappa shape index (κ3) is 5.47. The molecule has 20 heavy (non-hydrogen) atoms. The maximum Gasteiger partial charge on any atom is 0.146 e. The SMILES string of the molecule is CC(C)NCc1cccc(F)c1N(C)CCOC(C)C. The average molecular weight is 282 g/mol. The minimum atomic E-state index is -0.180. The van der Waals surface area contributed by atoms with Gasteiger partial charge >= 0.3 is 0 Å². The summed E-state index contributed by atoms with van der Waals surface area (Å²) in [6.07, 6.45) is 0.200. The minimum absolute atomic E-state index is 0.180. The number of hydrogen-bond donors (Lipinski definition) is 1. The Morgan fingerprint density at radius 3 is 2.55 bits per heavy atom. The topological polar surface area (TPSA) is 24.5 Å². The predicted octanol–water partition coefficient (Wildman–Crippen LogP) is 3.18. The van der Waals surface area contributed by atoms with Gasteiger partial charge in [-0.05, 0) is 25.5 Å². The van der Waals surface area contributed by atoms with E-state index < -0.39 is 0 Å². The van der Waals surface area contributed by atoms with E-state index in [1.807, 2.05) is 31.9 Å². The van der Waals surface area contributed by atoms with Gasteiger partial charge in [0.05, 0.1) is 18.4 Å². The lowest BCUT2D eigenvalue weighted by Crippen LogP contribution is -2.28. The Bertz CT molecular complexity index is 407. The summed E-state index contributed by atoms with van der Waals surface area (Å²) in [5, 5.41) is 3.33. The molecule has 4 heteroatoms. The number of hydrogen-bond acceptors (Lipinski definition) is 3. The maximum atomic E-state index is 14.1. The van der Waals surface area contributed by atoms with E-state index in [0.29, 0.717) is 31.4 Å². The van der Waals surface area contributed by atoms with Crippen LogP contribution in [0.2, 0.25) is 0 Å². The lowest BCUT2D eigenvalue weighted by Gasteiger charge is -2.24. The van der Waals surface area contributed by atoms with Crippen molar-refractivity contribution in [2.75, 3.05) is 25.1 Å². The van der Waals surface area contributed by atoms with E-state index >= 15 is 0 Å². The second kappa shape index (κ2) is 8.22. The number of anilines is 1. The van der Waals surface area contributed by atoms with Crippen LogP contribution in [0, 0.1) is 5.82 Å². The van der Waals surface area contributed by atoms with E-state index in [1.165, 1.54) is 6.07 Å². The van der Waals surface area contributed by atoms with Gasteiger partial charge in [-0.25, -0.2) is 4.39 Å². The first-order chi connectivity index (χ1) is 9.41. The van der Waals surface area contributed by atoms with Crippen molar-refractivity contribution in [3.63, 3.8) is 0 Å². The van der Waals surface area contributed by atoms with Gasteiger partial charge in [-0.3, -0.25) is 0 Å². The van der Waals surface area contributed by atoms with Crippen LogP contribution in [0.15, 0.2) is 18.2 Å². The Morgan fingerprint density at radius 1 is 1.25 bits per heavy atom. The molecule has 0 aliphatic heterocycles. The van der Waals surface area contributed by atoms with Crippen molar-refractivity contribution in [2.45, 2.75) is 46.4 Å². The first kappa shape index (κ1) is 16.9. The fraction of sp³-hybridized carbons (Fsp3) is 0.625. The van der Waals surface area contributed by atoms with Gasteiger partial charge in [0.25, 0.3) is 0 Å². The smallest absolute Gasteiger partial charge is 0.146 e. The van der Waals surface area contributed by atoms with Crippen molar-refractivity contribution in [2.24, 2.45) is 0 Å². The zero-order valence-electron chi connectivity index (χ0n) is 13.2. The Hall–Kier alpha value is -1.13. The lowest BCUT2D eigenvalue weighted by molar-refractivity contribution is 0.0845. The van der Waals surface area contributed by atoms with Crippen molar-refractivity contribution in [3.8, 4) is 0 Å². The average Bonchev–Trinajstić information content (AvgIpc) is 2.35. The van der Waals surface area contributed by atoms with E-state index in [2.05, 4.69) is 19.2 Å². The molecule has 114 valence electrons. The highest BCUT2D eigenvalue weighted by Crippen LogP contribution is 2.23. The summed E-state index contributed by atoms with van der Waals surface area (Å²) < 4.78 is 19.6. The molecule has 0 aliphatic rings. The summed E-state index contributed by atoms with van der Waals surface area (Å²) >= 11 is 0. The molecular formula is C16H27FN2O. The van der Waals surface area contributed by atoms with E-state index in [0.717, 1.165) is 5.56 Å². The maximum absolute atomic E-state index is 14.1. The van der Waals surface area contributed by atoms with Gasteiger partial charge in [0.2, 0.25) is 0 Å². The summed E-state index contributed by atoms with van der Waals surface area (Å²) in [5.74, 6) is -0.180. The molecule has 0 atom stereocenters. The Balaban J connectivity index is 2.75. The lowest BCUT2D eigenvalue weighted by atomic mass is 10.1. The normalized spacial score (nSPS) is 11.4. The van der Waals surface area contributed by atoms with Crippen LogP contribution in [0.1, 0.15) is 33.3 Å². The van der Waals surface area contributed by atoms with Crippen LogP contribution in [0.5, 0.6) is 0 Å². The van der Waals surface area contributed by atoms with Gasteiger partial charge in [-0.2, -0.15) is 0 Å². The highest BCUT2D eigenvalue weighted by Gasteiger charge is 2.13. The van der Waals surface area contributed by atoms with Crippen LogP contribution in [0.25, 0.3) is 0 Å². The van der Waals surface area contributed by atoms with Crippen molar-refractivity contribution >= 4 is 5.69 Å². The van der Waals surface area contributed by atoms with Gasteiger partial charge < -0.3 is 15.0 Å². The van der Waals surface area contributed by atoms with Crippen molar-refractivity contribution in [1.29, 1.82) is 0 Å². The molecule has 0 aromatic heterocycles. The van der Waals surface area contributed by atoms with Gasteiger partial charge in [-0.15, -0.1) is 0 Å². The van der Waals surface area contributed by atoms with Gasteiger partial charge in [0, 0.05) is 26.2 Å². The number of rotatable bonds is 8. The van der Waals surface area contributed by atoms with Gasteiger partial charge in [0.1, 0.15) is 5.82 Å². The molecule has 0 radical (unpaired) electrons. The zero-order chi connectivity index (χ0) is 15.1. The predicted molar refractivity (Wildman–Crippen MR) is 82.7 cm³/mol. The Kier molecular flexibility index (Phi) is 6.96. The van der Waals surface area contributed by atoms with Gasteiger partial charge in [0.15, 0.2) is 0 Å². The number of nitrogens with zero attached hydrogens (tertiary/aromatic N) is 1. The number of halogens is 1. The van der Waals surface area contributed by atoms with Crippen LogP contribution in [-0.4, -0.2) is 32.3 Å². The molecule has 0 amide bonds. The van der Waals surface area contributed by atoms with E-state index in [9.17, 15) is 4.39 Å². The second-order valence-electron chi connectivity index (χ2n) is 5.62. The fourth-order valence-corrected chi connectivity index (χ4v) is 1.98. The second-order valence-corrected chi connectivity index (χ2v) is 5.62. The molecule has 0 spiro atoms. The monoisotopic (exact) mass is 282 g/mol. The molecular weight excluding hydrogens is 255 g/mol. The summed E-state index contributed by atoms with van der Waals surface area (Å²) in [4.78, 5) is 1.93. The van der Waals surface area contributed by atoms with Crippen LogP contribution in [0.4, 0.5) is 10.1 Å². The molecule has 0 aliphatic carbocycles. The molecule has 0 saturated carbocycles. The van der Waals surface area contributed by atoms with Gasteiger partial charge in [-0.1, -0.05) is 26.0 Å². The highest BCUT2D eigenvalue weighted by molar-refractivity contribution is 5.54. The third-order valence-corrected chi connectivity index (χ3v) is 3.03. The largest absolute Gasteiger partial charge is 0.377 e. The number of ether oxygens (including phenoxy) is 1. The quantitative estimate of drug-likeness (QED) is 0.792. The van der Waals surface area contributed by atoms with E-state index in [1.54, 1.807) is 6.07 Å². The standard InChI is InChI=1S/C16H27FN2O/c1-12(2)18-11-14-7-6-8-15(17)16(14)19(5)9-10-20-13(3)4/h6-8,12-13,18H,9-11H2,1-5H3. The summed E-state index contributed by atoms with van der Waals surface area (Å²) in [5.41, 5.74) is 1.64. The highest BCUT2D eigenvalue weighted by atomic mass is 19.1. The molecule has 1 aromatic carbocycles. The van der Waals surface area contributed by atoms with Crippen LogP contribution in [-0.2, 0) is 11.3 Å². The van der Waals surface area contributed by atoms with Crippen LogP contribution in [0.3, 0.4) is 0 Å². The number of likely N-dealkylation sites (N-methyl/N-ethyl adjacent to an activating group) is 1. The summed E-state index contributed by atoms with van der Waals surface area (Å²) in [6.45, 7) is 10.1. The first-order valence-corrected chi connectivity index (χ1v) is 7.25. The third-order valence-electron chi connectivity index (χ3n) is 3.03. The molecule has 0 fully saturated rings. The molecule has 1 rings (SSSR count). The van der Waals surface area contributed by atoms with Crippen molar-refractivity contribution < 1.29 is 9.13 Å². The molecule has 1 aromatic rings. The number of nitrogens with one attached hydrogen (secondary N) is 1. The molecule has 0 unspecified atom stereocenters. The van der Waals surface area contributed by atoms with E-state index in [4.69, 9.17) is 4.74 Å². The van der Waals surface area contributed by atoms with Crippen molar-refractivity contribution in [3.05, 3.63) is 29.6 Å². The molecule has 0 bridgehead atoms. The van der Waals surface area contributed by atoms with Crippen LogP contribution < -0.4 is 10.2 Å².